The molecule has 1 aliphatic rings. The lowest BCUT2D eigenvalue weighted by molar-refractivity contribution is 0.0669. The molecule has 2 aromatic heterocycles. The molecule has 36 heavy (non-hydrogen) atoms. The van der Waals surface area contributed by atoms with Crippen LogP contribution in [0.4, 0.5) is 0 Å². The Morgan fingerprint density at radius 3 is 2.61 bits per heavy atom. The summed E-state index contributed by atoms with van der Waals surface area (Å²) in [4.78, 5) is 42.3. The summed E-state index contributed by atoms with van der Waals surface area (Å²) in [6, 6.07) is 13.8. The smallest absolute Gasteiger partial charge is 0.331 e. The number of aromatic nitrogens is 3. The van der Waals surface area contributed by atoms with Crippen LogP contribution in [0.15, 0.2) is 58.3 Å². The molecule has 4 aromatic rings. The quantitative estimate of drug-likeness (QED) is 0.452. The highest BCUT2D eigenvalue weighted by molar-refractivity contribution is 6.05. The fourth-order valence-electron chi connectivity index (χ4n) is 5.43. The van der Waals surface area contributed by atoms with Crippen molar-refractivity contribution in [2.24, 2.45) is 13.0 Å². The monoisotopic (exact) mass is 488 g/mol. The first-order chi connectivity index (χ1) is 17.3. The third-order valence-electron chi connectivity index (χ3n) is 7.21. The van der Waals surface area contributed by atoms with E-state index in [1.165, 1.54) is 7.05 Å². The molecule has 188 valence electrons. The number of aliphatic hydroxyl groups excluding tert-OH is 1. The maximum absolute atomic E-state index is 14.0. The lowest BCUT2D eigenvalue weighted by Crippen LogP contribution is -2.41. The van der Waals surface area contributed by atoms with Gasteiger partial charge in [-0.1, -0.05) is 56.3 Å². The van der Waals surface area contributed by atoms with E-state index in [-0.39, 0.29) is 35.6 Å². The normalized spacial score (nSPS) is 16.0. The van der Waals surface area contributed by atoms with Crippen molar-refractivity contribution in [1.29, 1.82) is 0 Å². The second-order valence-electron chi connectivity index (χ2n) is 10.1. The number of fused-ring (bicyclic) bond motifs is 2. The van der Waals surface area contributed by atoms with Crippen molar-refractivity contribution < 1.29 is 9.90 Å². The lowest BCUT2D eigenvalue weighted by Gasteiger charge is -2.24. The minimum atomic E-state index is -0.477. The minimum Gasteiger partial charge on any atom is -0.394 e. The molecule has 1 fully saturated rings. The highest BCUT2D eigenvalue weighted by atomic mass is 16.3. The molecule has 8 nitrogen and oxygen atoms in total. The average Bonchev–Trinajstić information content (AvgIpc) is 3.50. The first kappa shape index (κ1) is 24.1. The number of aliphatic hydroxyl groups is 1. The Kier molecular flexibility index (Phi) is 6.30. The van der Waals surface area contributed by atoms with Crippen LogP contribution in [-0.4, -0.2) is 48.8 Å². The van der Waals surface area contributed by atoms with Crippen molar-refractivity contribution >= 4 is 27.6 Å². The first-order valence-corrected chi connectivity index (χ1v) is 12.5. The molecule has 1 aliphatic heterocycles. The number of likely N-dealkylation sites (tertiary alicyclic amines) is 1. The number of benzene rings is 2. The van der Waals surface area contributed by atoms with Gasteiger partial charge in [-0.2, -0.15) is 0 Å². The molecule has 1 amide bonds. The van der Waals surface area contributed by atoms with E-state index in [0.29, 0.717) is 25.2 Å². The minimum absolute atomic E-state index is 0.121. The lowest BCUT2D eigenvalue weighted by atomic mass is 10.0. The molecule has 5 rings (SSSR count). The largest absolute Gasteiger partial charge is 0.394 e. The van der Waals surface area contributed by atoms with E-state index in [2.05, 4.69) is 0 Å². The number of hydrogen-bond acceptors (Lipinski definition) is 4. The van der Waals surface area contributed by atoms with E-state index in [0.717, 1.165) is 33.7 Å². The summed E-state index contributed by atoms with van der Waals surface area (Å²) in [5, 5.41) is 12.3. The molecule has 0 radical (unpaired) electrons. The number of hydrogen-bond donors (Lipinski definition) is 1. The van der Waals surface area contributed by atoms with Gasteiger partial charge in [-0.25, -0.2) is 4.79 Å². The SMILES string of the molecule is CC(C)Cn1c(=O)n(C)c(=O)c2c(C(=O)N3CCC[C@@H]3CO)n(Cc3cccc4ccccc34)cc21. The molecule has 0 saturated carbocycles. The molecule has 0 aliphatic carbocycles. The van der Waals surface area contributed by atoms with E-state index in [4.69, 9.17) is 0 Å². The summed E-state index contributed by atoms with van der Waals surface area (Å²) < 4.78 is 4.52. The Labute approximate surface area is 209 Å². The van der Waals surface area contributed by atoms with Crippen LogP contribution in [0.1, 0.15) is 42.7 Å². The first-order valence-electron chi connectivity index (χ1n) is 12.5. The standard InChI is InChI=1S/C28H32N4O4/c1-18(2)14-32-23-16-30(15-20-10-6-9-19-8-4-5-12-22(19)20)25(24(23)26(34)29(3)28(32)36)27(35)31-13-7-11-21(31)17-33/h4-6,8-10,12,16,18,21,33H,7,11,13-15,17H2,1-3H3/t21-/m1/s1. The third-order valence-corrected chi connectivity index (χ3v) is 7.21. The Morgan fingerprint density at radius 2 is 1.86 bits per heavy atom. The van der Waals surface area contributed by atoms with Crippen LogP contribution in [0.3, 0.4) is 0 Å². The van der Waals surface area contributed by atoms with Crippen molar-refractivity contribution in [3.8, 4) is 0 Å². The van der Waals surface area contributed by atoms with E-state index in [9.17, 15) is 19.5 Å². The Balaban J connectivity index is 1.78. The zero-order valence-electron chi connectivity index (χ0n) is 21.0. The molecular formula is C28H32N4O4. The van der Waals surface area contributed by atoms with E-state index >= 15 is 0 Å². The van der Waals surface area contributed by atoms with Crippen LogP contribution in [0.25, 0.3) is 21.7 Å². The summed E-state index contributed by atoms with van der Waals surface area (Å²) in [5.74, 6) is -0.116. The van der Waals surface area contributed by atoms with Crippen LogP contribution in [0.5, 0.6) is 0 Å². The van der Waals surface area contributed by atoms with Gasteiger partial charge in [0.15, 0.2) is 0 Å². The predicted octanol–water partition coefficient (Wildman–Crippen LogP) is 2.96. The summed E-state index contributed by atoms with van der Waals surface area (Å²) in [7, 11) is 1.46. The highest BCUT2D eigenvalue weighted by Crippen LogP contribution is 2.27. The van der Waals surface area contributed by atoms with Gasteiger partial charge in [0.05, 0.1) is 23.6 Å². The van der Waals surface area contributed by atoms with Crippen molar-refractivity contribution in [3.63, 3.8) is 0 Å². The molecule has 2 aromatic carbocycles. The van der Waals surface area contributed by atoms with Gasteiger partial charge >= 0.3 is 5.69 Å². The van der Waals surface area contributed by atoms with E-state index < -0.39 is 11.2 Å². The van der Waals surface area contributed by atoms with Gasteiger partial charge in [-0.3, -0.25) is 18.7 Å². The van der Waals surface area contributed by atoms with Gasteiger partial charge in [0, 0.05) is 32.9 Å². The summed E-state index contributed by atoms with van der Waals surface area (Å²) >= 11 is 0. The Morgan fingerprint density at radius 1 is 1.11 bits per heavy atom. The topological polar surface area (TPSA) is 89.5 Å². The highest BCUT2D eigenvalue weighted by Gasteiger charge is 2.33. The van der Waals surface area contributed by atoms with Gasteiger partial charge in [0.1, 0.15) is 5.69 Å². The number of carbonyl (C=O) groups is 1. The summed E-state index contributed by atoms with van der Waals surface area (Å²) in [5.41, 5.74) is 0.889. The molecule has 1 saturated heterocycles. The third kappa shape index (κ3) is 3.95. The number of carbonyl (C=O) groups excluding carboxylic acids is 1. The van der Waals surface area contributed by atoms with Crippen LogP contribution >= 0.6 is 0 Å². The summed E-state index contributed by atoms with van der Waals surface area (Å²) in [6.45, 7) is 5.23. The van der Waals surface area contributed by atoms with Gasteiger partial charge in [-0.05, 0) is 35.1 Å². The maximum atomic E-state index is 14.0. The van der Waals surface area contributed by atoms with Crippen molar-refractivity contribution in [1.82, 2.24) is 18.6 Å². The second kappa shape index (κ2) is 9.43. The molecule has 1 N–H and O–H groups in total. The molecule has 0 spiro atoms. The molecule has 8 heteroatoms. The van der Waals surface area contributed by atoms with Gasteiger partial charge < -0.3 is 14.6 Å². The van der Waals surface area contributed by atoms with Crippen molar-refractivity contribution in [3.05, 3.63) is 80.8 Å². The second-order valence-corrected chi connectivity index (χ2v) is 10.1. The molecule has 0 unspecified atom stereocenters. The number of nitrogens with zero attached hydrogens (tertiary/aromatic N) is 4. The van der Waals surface area contributed by atoms with Crippen molar-refractivity contribution in [2.45, 2.75) is 45.8 Å². The molecule has 0 bridgehead atoms. The van der Waals surface area contributed by atoms with Crippen molar-refractivity contribution in [2.75, 3.05) is 13.2 Å². The molecular weight excluding hydrogens is 456 g/mol. The van der Waals surface area contributed by atoms with Gasteiger partial charge in [0.2, 0.25) is 0 Å². The summed E-state index contributed by atoms with van der Waals surface area (Å²) in [6.07, 6.45) is 3.30. The fraction of sp³-hybridized carbons (Fsp3) is 0.393. The zero-order valence-corrected chi connectivity index (χ0v) is 21.0. The Bertz CT molecular complexity index is 1570. The van der Waals surface area contributed by atoms with Gasteiger partial charge in [-0.15, -0.1) is 0 Å². The van der Waals surface area contributed by atoms with E-state index in [1.54, 1.807) is 15.7 Å². The fourth-order valence-corrected chi connectivity index (χ4v) is 5.43. The van der Waals surface area contributed by atoms with Gasteiger partial charge in [0.25, 0.3) is 11.5 Å². The number of rotatable bonds is 6. The van der Waals surface area contributed by atoms with Crippen LogP contribution in [-0.2, 0) is 20.1 Å². The predicted molar refractivity (Wildman–Crippen MR) is 140 cm³/mol. The zero-order chi connectivity index (χ0) is 25.6. The van der Waals surface area contributed by atoms with Crippen LogP contribution in [0.2, 0.25) is 0 Å². The molecule has 1 atom stereocenters. The molecule has 3 heterocycles. The van der Waals surface area contributed by atoms with E-state index in [1.807, 2.05) is 60.9 Å². The van der Waals surface area contributed by atoms with Crippen LogP contribution in [0, 0.1) is 5.92 Å². The Hall–Kier alpha value is -3.65. The van der Waals surface area contributed by atoms with Crippen LogP contribution < -0.4 is 11.2 Å². The number of amides is 1. The maximum Gasteiger partial charge on any atom is 0.331 e. The average molecular weight is 489 g/mol.